The lowest BCUT2D eigenvalue weighted by molar-refractivity contribution is -0.396. The van der Waals surface area contributed by atoms with Gasteiger partial charge < -0.3 is 19.6 Å². The van der Waals surface area contributed by atoms with Crippen molar-refractivity contribution in [1.29, 1.82) is 0 Å². The first-order valence-corrected chi connectivity index (χ1v) is 9.37. The van der Waals surface area contributed by atoms with Gasteiger partial charge in [0.15, 0.2) is 10.8 Å². The molecule has 0 spiro atoms. The zero-order valence-electron chi connectivity index (χ0n) is 16.4. The van der Waals surface area contributed by atoms with Crippen LogP contribution in [-0.4, -0.2) is 44.2 Å². The van der Waals surface area contributed by atoms with Crippen molar-refractivity contribution < 1.29 is 24.0 Å². The first kappa shape index (κ1) is 22.0. The standard InChI is InChI=1S/C17H21N5O6S/c1-17(2,3)28-16(24)20-14-18-12(10-29-14)6-5-11-9-21(8-7-13(23)27-4)15(19-11)22(25)26/h5-6,9-10H,7-8H2,1-4H3,(H,18,20,24)/b6-5+. The fourth-order valence-electron chi connectivity index (χ4n) is 2.11. The average Bonchev–Trinajstić information content (AvgIpc) is 3.22. The number of nitro groups is 1. The predicted octanol–water partition coefficient (Wildman–Crippen LogP) is 3.33. The van der Waals surface area contributed by atoms with E-state index in [2.05, 4.69) is 20.0 Å². The maximum atomic E-state index is 11.8. The summed E-state index contributed by atoms with van der Waals surface area (Å²) in [5.41, 5.74) is 0.245. The molecule has 0 aliphatic rings. The van der Waals surface area contributed by atoms with Crippen LogP contribution in [-0.2, 0) is 20.8 Å². The van der Waals surface area contributed by atoms with Crippen LogP contribution in [0.5, 0.6) is 0 Å². The topological polar surface area (TPSA) is 138 Å². The summed E-state index contributed by atoms with van der Waals surface area (Å²) >= 11 is 1.21. The summed E-state index contributed by atoms with van der Waals surface area (Å²) in [6.45, 7) is 5.34. The summed E-state index contributed by atoms with van der Waals surface area (Å²) in [5.74, 6) is -0.850. The Morgan fingerprint density at radius 1 is 1.31 bits per heavy atom. The van der Waals surface area contributed by atoms with Gasteiger partial charge in [0, 0.05) is 5.38 Å². The number of carbonyl (C=O) groups excluding carboxylic acids is 2. The first-order valence-electron chi connectivity index (χ1n) is 8.49. The van der Waals surface area contributed by atoms with E-state index in [0.717, 1.165) is 0 Å². The molecule has 0 saturated carbocycles. The van der Waals surface area contributed by atoms with Gasteiger partial charge in [-0.3, -0.25) is 10.1 Å². The fraction of sp³-hybridized carbons (Fsp3) is 0.412. The molecule has 0 atom stereocenters. The molecular weight excluding hydrogens is 402 g/mol. The molecule has 0 aromatic carbocycles. The number of ether oxygens (including phenoxy) is 2. The van der Waals surface area contributed by atoms with Gasteiger partial charge in [0.2, 0.25) is 0 Å². The highest BCUT2D eigenvalue weighted by atomic mass is 32.1. The molecule has 2 heterocycles. The number of thiazole rings is 1. The highest BCUT2D eigenvalue weighted by molar-refractivity contribution is 7.14. The summed E-state index contributed by atoms with van der Waals surface area (Å²) in [7, 11) is 1.25. The molecule has 1 N–H and O–H groups in total. The van der Waals surface area contributed by atoms with E-state index in [1.807, 2.05) is 0 Å². The molecule has 0 fully saturated rings. The molecule has 156 valence electrons. The van der Waals surface area contributed by atoms with Crippen molar-refractivity contribution in [2.24, 2.45) is 0 Å². The second-order valence-electron chi connectivity index (χ2n) is 6.78. The summed E-state index contributed by atoms with van der Waals surface area (Å²) in [6.07, 6.45) is 4.00. The van der Waals surface area contributed by atoms with Gasteiger partial charge in [0.25, 0.3) is 0 Å². The molecule has 11 nitrogen and oxygen atoms in total. The smallest absolute Gasteiger partial charge is 0.435 e. The summed E-state index contributed by atoms with van der Waals surface area (Å²) in [5, 5.41) is 15.7. The highest BCUT2D eigenvalue weighted by Crippen LogP contribution is 2.20. The number of esters is 1. The second kappa shape index (κ2) is 9.28. The Kier molecular flexibility index (Phi) is 7.04. The fourth-order valence-corrected chi connectivity index (χ4v) is 2.78. The third kappa shape index (κ3) is 6.99. The Morgan fingerprint density at radius 2 is 2.00 bits per heavy atom. The minimum Gasteiger partial charge on any atom is -0.469 e. The number of imidazole rings is 1. The molecule has 0 aliphatic heterocycles. The van der Waals surface area contributed by atoms with E-state index in [0.29, 0.717) is 16.5 Å². The molecule has 29 heavy (non-hydrogen) atoms. The highest BCUT2D eigenvalue weighted by Gasteiger charge is 2.19. The number of hydrogen-bond donors (Lipinski definition) is 1. The van der Waals surface area contributed by atoms with Crippen LogP contribution in [0.15, 0.2) is 11.6 Å². The number of anilines is 1. The molecule has 1 amide bonds. The lowest BCUT2D eigenvalue weighted by Gasteiger charge is -2.18. The van der Waals surface area contributed by atoms with Gasteiger partial charge >= 0.3 is 18.0 Å². The van der Waals surface area contributed by atoms with Crippen molar-refractivity contribution >= 4 is 46.6 Å². The Bertz CT molecular complexity index is 927. The molecule has 0 radical (unpaired) electrons. The molecule has 2 aromatic rings. The molecule has 0 aliphatic carbocycles. The number of carbonyl (C=O) groups is 2. The third-order valence-electron chi connectivity index (χ3n) is 3.28. The van der Waals surface area contributed by atoms with E-state index < -0.39 is 22.6 Å². The van der Waals surface area contributed by atoms with Gasteiger partial charge in [-0.25, -0.2) is 14.3 Å². The van der Waals surface area contributed by atoms with Gasteiger partial charge in [-0.2, -0.15) is 0 Å². The number of hydrogen-bond acceptors (Lipinski definition) is 9. The quantitative estimate of drug-likeness (QED) is 0.406. The number of aryl methyl sites for hydroxylation is 1. The van der Waals surface area contributed by atoms with Crippen molar-refractivity contribution in [3.8, 4) is 0 Å². The summed E-state index contributed by atoms with van der Waals surface area (Å²) in [4.78, 5) is 41.7. The number of amides is 1. The Balaban J connectivity index is 2.06. The molecule has 12 heteroatoms. The van der Waals surface area contributed by atoms with Crippen molar-refractivity contribution in [3.05, 3.63) is 33.1 Å². The van der Waals surface area contributed by atoms with Gasteiger partial charge in [0.05, 0.1) is 25.8 Å². The van der Waals surface area contributed by atoms with E-state index in [-0.39, 0.29) is 18.9 Å². The minimum absolute atomic E-state index is 0.0113. The van der Waals surface area contributed by atoms with E-state index in [1.54, 1.807) is 38.3 Å². The Hall–Kier alpha value is -3.28. The van der Waals surface area contributed by atoms with E-state index >= 15 is 0 Å². The Morgan fingerprint density at radius 3 is 2.62 bits per heavy atom. The van der Waals surface area contributed by atoms with E-state index in [4.69, 9.17) is 4.74 Å². The molecule has 0 unspecified atom stereocenters. The molecule has 2 rings (SSSR count). The number of nitrogens with one attached hydrogen (secondary N) is 1. The minimum atomic E-state index is -0.625. The van der Waals surface area contributed by atoms with Gasteiger partial charge in [-0.1, -0.05) is 4.98 Å². The SMILES string of the molecule is COC(=O)CCn1cc(/C=C/c2csc(NC(=O)OC(C)(C)C)n2)nc1[N+](=O)[O-]. The maximum absolute atomic E-state index is 11.8. The zero-order valence-corrected chi connectivity index (χ0v) is 17.2. The molecule has 0 bridgehead atoms. The lowest BCUT2D eigenvalue weighted by Crippen LogP contribution is -2.27. The summed E-state index contributed by atoms with van der Waals surface area (Å²) < 4.78 is 11.0. The van der Waals surface area contributed by atoms with E-state index in [1.165, 1.54) is 29.2 Å². The second-order valence-corrected chi connectivity index (χ2v) is 7.64. The van der Waals surface area contributed by atoms with Crippen LogP contribution in [0.1, 0.15) is 38.6 Å². The van der Waals surface area contributed by atoms with Crippen LogP contribution in [0.4, 0.5) is 15.9 Å². The van der Waals surface area contributed by atoms with Gasteiger partial charge in [-0.15, -0.1) is 11.3 Å². The predicted molar refractivity (Wildman–Crippen MR) is 106 cm³/mol. The van der Waals surface area contributed by atoms with Crippen LogP contribution in [0, 0.1) is 10.1 Å². The van der Waals surface area contributed by atoms with Crippen LogP contribution >= 0.6 is 11.3 Å². The monoisotopic (exact) mass is 423 g/mol. The van der Waals surface area contributed by atoms with Crippen LogP contribution < -0.4 is 5.32 Å². The molecular formula is C17H21N5O6S. The van der Waals surface area contributed by atoms with Crippen molar-refractivity contribution in [2.45, 2.75) is 39.3 Å². The number of methoxy groups -OCH3 is 1. The van der Waals surface area contributed by atoms with Crippen LogP contribution in [0.3, 0.4) is 0 Å². The zero-order chi connectivity index (χ0) is 21.6. The number of aromatic nitrogens is 3. The van der Waals surface area contributed by atoms with E-state index in [9.17, 15) is 19.7 Å². The first-order chi connectivity index (χ1) is 13.6. The van der Waals surface area contributed by atoms with Gasteiger partial charge in [-0.05, 0) is 37.8 Å². The average molecular weight is 423 g/mol. The Labute approximate surface area is 170 Å². The largest absolute Gasteiger partial charge is 0.469 e. The van der Waals surface area contributed by atoms with Crippen LogP contribution in [0.2, 0.25) is 0 Å². The molecule has 2 aromatic heterocycles. The normalized spacial score (nSPS) is 11.4. The third-order valence-corrected chi connectivity index (χ3v) is 4.05. The van der Waals surface area contributed by atoms with Crippen molar-refractivity contribution in [1.82, 2.24) is 14.5 Å². The van der Waals surface area contributed by atoms with Crippen molar-refractivity contribution in [2.75, 3.05) is 12.4 Å². The van der Waals surface area contributed by atoms with Gasteiger partial charge in [0.1, 0.15) is 11.8 Å². The van der Waals surface area contributed by atoms with Crippen molar-refractivity contribution in [3.63, 3.8) is 0 Å². The summed E-state index contributed by atoms with van der Waals surface area (Å²) in [6, 6.07) is 0. The lowest BCUT2D eigenvalue weighted by atomic mass is 10.2. The number of rotatable bonds is 7. The van der Waals surface area contributed by atoms with Crippen LogP contribution in [0.25, 0.3) is 12.2 Å². The molecule has 0 saturated heterocycles. The number of nitrogens with zero attached hydrogens (tertiary/aromatic N) is 4. The maximum Gasteiger partial charge on any atom is 0.435 e.